The van der Waals surface area contributed by atoms with Gasteiger partial charge in [-0.3, -0.25) is 4.90 Å². The largest absolute Gasteiger partial charge is 0.392 e. The van der Waals surface area contributed by atoms with Gasteiger partial charge >= 0.3 is 0 Å². The van der Waals surface area contributed by atoms with Crippen LogP contribution in [0, 0.1) is 0 Å². The van der Waals surface area contributed by atoms with Crippen LogP contribution in [0.25, 0.3) is 0 Å². The summed E-state index contributed by atoms with van der Waals surface area (Å²) in [7, 11) is 0. The van der Waals surface area contributed by atoms with Crippen molar-refractivity contribution in [2.75, 3.05) is 6.54 Å². The molecule has 2 rings (SSSR count). The molecule has 1 aromatic carbocycles. The van der Waals surface area contributed by atoms with E-state index in [1.165, 1.54) is 5.56 Å². The van der Waals surface area contributed by atoms with Crippen molar-refractivity contribution in [3.63, 3.8) is 0 Å². The van der Waals surface area contributed by atoms with Crippen molar-refractivity contribution in [1.29, 1.82) is 0 Å². The Labute approximate surface area is 104 Å². The van der Waals surface area contributed by atoms with E-state index in [9.17, 15) is 5.11 Å². The van der Waals surface area contributed by atoms with Crippen LogP contribution in [0.15, 0.2) is 43.0 Å². The highest BCUT2D eigenvalue weighted by Gasteiger charge is 2.25. The third kappa shape index (κ3) is 3.42. The first-order valence-electron chi connectivity index (χ1n) is 6.36. The number of aliphatic hydroxyl groups is 1. The molecule has 0 amide bonds. The van der Waals surface area contributed by atoms with Crippen LogP contribution in [0.1, 0.15) is 24.8 Å². The van der Waals surface area contributed by atoms with Crippen molar-refractivity contribution in [3.05, 3.63) is 48.6 Å². The second-order valence-corrected chi connectivity index (χ2v) is 4.82. The van der Waals surface area contributed by atoms with Gasteiger partial charge in [0.2, 0.25) is 0 Å². The minimum absolute atomic E-state index is 0.167. The molecule has 0 radical (unpaired) electrons. The summed E-state index contributed by atoms with van der Waals surface area (Å²) < 4.78 is 0. The highest BCUT2D eigenvalue weighted by Crippen LogP contribution is 2.22. The lowest BCUT2D eigenvalue weighted by atomic mass is 9.97. The molecular formula is C15H21NO. The lowest BCUT2D eigenvalue weighted by Crippen LogP contribution is -2.44. The Bertz CT molecular complexity index is 349. The highest BCUT2D eigenvalue weighted by molar-refractivity contribution is 5.14. The lowest BCUT2D eigenvalue weighted by molar-refractivity contribution is 0.0313. The normalized spacial score (nSPS) is 25.7. The van der Waals surface area contributed by atoms with Crippen molar-refractivity contribution in [2.24, 2.45) is 0 Å². The fourth-order valence-electron chi connectivity index (χ4n) is 2.55. The van der Waals surface area contributed by atoms with Crippen LogP contribution in [0.4, 0.5) is 0 Å². The topological polar surface area (TPSA) is 23.5 Å². The second-order valence-electron chi connectivity index (χ2n) is 4.82. The molecule has 1 fully saturated rings. The lowest BCUT2D eigenvalue weighted by Gasteiger charge is -2.37. The highest BCUT2D eigenvalue weighted by atomic mass is 16.3. The van der Waals surface area contributed by atoms with Crippen molar-refractivity contribution >= 4 is 0 Å². The first-order valence-corrected chi connectivity index (χ1v) is 6.36. The number of nitrogens with zero attached hydrogens (tertiary/aromatic N) is 1. The van der Waals surface area contributed by atoms with E-state index < -0.39 is 0 Å². The third-order valence-corrected chi connectivity index (χ3v) is 3.46. The molecule has 1 saturated heterocycles. The molecular weight excluding hydrogens is 210 g/mol. The molecule has 1 heterocycles. The van der Waals surface area contributed by atoms with Crippen LogP contribution < -0.4 is 0 Å². The van der Waals surface area contributed by atoms with E-state index in [0.29, 0.717) is 6.04 Å². The van der Waals surface area contributed by atoms with Crippen LogP contribution >= 0.6 is 0 Å². The Morgan fingerprint density at radius 1 is 1.29 bits per heavy atom. The van der Waals surface area contributed by atoms with Gasteiger partial charge in [0.25, 0.3) is 0 Å². The van der Waals surface area contributed by atoms with Gasteiger partial charge in [0.05, 0.1) is 6.10 Å². The molecule has 1 N–H and O–H groups in total. The van der Waals surface area contributed by atoms with Gasteiger partial charge in [-0.1, -0.05) is 36.4 Å². The molecule has 0 bridgehead atoms. The SMILES string of the molecule is C=CC[C@H]1CC[C@H](O)CN1Cc1ccccc1. The van der Waals surface area contributed by atoms with Crippen LogP contribution in [-0.4, -0.2) is 28.7 Å². The molecule has 2 nitrogen and oxygen atoms in total. The molecule has 2 atom stereocenters. The van der Waals surface area contributed by atoms with Crippen LogP contribution in [0.2, 0.25) is 0 Å². The molecule has 0 unspecified atom stereocenters. The fraction of sp³-hybridized carbons (Fsp3) is 0.467. The molecule has 2 heteroatoms. The van der Waals surface area contributed by atoms with E-state index in [2.05, 4.69) is 35.7 Å². The summed E-state index contributed by atoms with van der Waals surface area (Å²) in [5, 5.41) is 9.78. The Balaban J connectivity index is 2.02. The molecule has 92 valence electrons. The maximum Gasteiger partial charge on any atom is 0.0668 e. The van der Waals surface area contributed by atoms with Crippen molar-refractivity contribution in [3.8, 4) is 0 Å². The Morgan fingerprint density at radius 3 is 2.76 bits per heavy atom. The summed E-state index contributed by atoms with van der Waals surface area (Å²) in [5.74, 6) is 0. The number of hydrogen-bond donors (Lipinski definition) is 1. The van der Waals surface area contributed by atoms with Gasteiger partial charge in [-0.2, -0.15) is 0 Å². The second kappa shape index (κ2) is 5.99. The summed E-state index contributed by atoms with van der Waals surface area (Å²) >= 11 is 0. The van der Waals surface area contributed by atoms with E-state index in [4.69, 9.17) is 0 Å². The van der Waals surface area contributed by atoms with E-state index in [-0.39, 0.29) is 6.10 Å². The predicted octanol–water partition coefficient (Wildman–Crippen LogP) is 2.59. The zero-order chi connectivity index (χ0) is 12.1. The molecule has 0 spiro atoms. The average Bonchev–Trinajstić information content (AvgIpc) is 2.34. The predicted molar refractivity (Wildman–Crippen MR) is 70.7 cm³/mol. The van der Waals surface area contributed by atoms with Gasteiger partial charge in [0, 0.05) is 19.1 Å². The standard InChI is InChI=1S/C15H21NO/c1-2-6-14-9-10-15(17)12-16(14)11-13-7-4-3-5-8-13/h2-5,7-8,14-15,17H,1,6,9-12H2/t14-,15-/m0/s1. The molecule has 17 heavy (non-hydrogen) atoms. The number of piperidine rings is 1. The van der Waals surface area contributed by atoms with Gasteiger partial charge < -0.3 is 5.11 Å². The summed E-state index contributed by atoms with van der Waals surface area (Å²) in [4.78, 5) is 2.38. The Hall–Kier alpha value is -1.12. The Kier molecular flexibility index (Phi) is 4.35. The van der Waals surface area contributed by atoms with Crippen LogP contribution in [0.3, 0.4) is 0 Å². The molecule has 0 aromatic heterocycles. The smallest absolute Gasteiger partial charge is 0.0668 e. The number of hydrogen-bond acceptors (Lipinski definition) is 2. The van der Waals surface area contributed by atoms with Crippen LogP contribution in [0.5, 0.6) is 0 Å². The van der Waals surface area contributed by atoms with Crippen LogP contribution in [-0.2, 0) is 6.54 Å². The van der Waals surface area contributed by atoms with Gasteiger partial charge in [-0.25, -0.2) is 0 Å². The zero-order valence-corrected chi connectivity index (χ0v) is 10.3. The van der Waals surface area contributed by atoms with E-state index in [1.807, 2.05) is 12.1 Å². The number of aliphatic hydroxyl groups excluding tert-OH is 1. The number of β-amino-alcohol motifs (C(OH)–C–C–N with tert-alkyl or cyclic N) is 1. The number of likely N-dealkylation sites (tertiary alicyclic amines) is 1. The van der Waals surface area contributed by atoms with E-state index >= 15 is 0 Å². The maximum absolute atomic E-state index is 9.78. The fourth-order valence-corrected chi connectivity index (χ4v) is 2.55. The first-order chi connectivity index (χ1) is 8.29. The van der Waals surface area contributed by atoms with E-state index in [1.54, 1.807) is 0 Å². The average molecular weight is 231 g/mol. The minimum Gasteiger partial charge on any atom is -0.392 e. The molecule has 1 aliphatic heterocycles. The van der Waals surface area contributed by atoms with Gasteiger partial charge in [-0.15, -0.1) is 6.58 Å². The molecule has 1 aromatic rings. The van der Waals surface area contributed by atoms with Gasteiger partial charge in [0.15, 0.2) is 0 Å². The summed E-state index contributed by atoms with van der Waals surface area (Å²) in [6, 6.07) is 11.0. The number of rotatable bonds is 4. The summed E-state index contributed by atoms with van der Waals surface area (Å²) in [6.07, 6.45) is 4.82. The minimum atomic E-state index is -0.167. The summed E-state index contributed by atoms with van der Waals surface area (Å²) in [5.41, 5.74) is 1.32. The Morgan fingerprint density at radius 2 is 2.06 bits per heavy atom. The first kappa shape index (κ1) is 12.3. The van der Waals surface area contributed by atoms with Crippen molar-refractivity contribution in [2.45, 2.75) is 38.0 Å². The maximum atomic E-state index is 9.78. The van der Waals surface area contributed by atoms with Crippen molar-refractivity contribution < 1.29 is 5.11 Å². The summed E-state index contributed by atoms with van der Waals surface area (Å²) in [6.45, 7) is 5.54. The van der Waals surface area contributed by atoms with Gasteiger partial charge in [0.1, 0.15) is 0 Å². The van der Waals surface area contributed by atoms with E-state index in [0.717, 1.165) is 32.4 Å². The monoisotopic (exact) mass is 231 g/mol. The quantitative estimate of drug-likeness (QED) is 0.805. The third-order valence-electron chi connectivity index (χ3n) is 3.46. The molecule has 1 aliphatic rings. The molecule has 0 aliphatic carbocycles. The van der Waals surface area contributed by atoms with Crippen molar-refractivity contribution in [1.82, 2.24) is 4.90 Å². The number of benzene rings is 1. The molecule has 0 saturated carbocycles. The zero-order valence-electron chi connectivity index (χ0n) is 10.3. The van der Waals surface area contributed by atoms with Gasteiger partial charge in [-0.05, 0) is 24.8 Å².